The molecule has 0 aromatic carbocycles. The van der Waals surface area contributed by atoms with Crippen molar-refractivity contribution >= 4 is 12.2 Å². The molecule has 9 nitrogen and oxygen atoms in total. The zero-order valence-electron chi connectivity index (χ0n) is 9.84. The lowest BCUT2D eigenvalue weighted by Crippen LogP contribution is -2.38. The van der Waals surface area contributed by atoms with Crippen LogP contribution in [0.3, 0.4) is 0 Å². The molecule has 6 N–H and O–H groups in total. The fourth-order valence-electron chi connectivity index (χ4n) is 2.13. The van der Waals surface area contributed by atoms with Crippen LogP contribution in [0.15, 0.2) is 11.3 Å². The fraction of sp³-hybridized carbons (Fsp3) is 0.500. The van der Waals surface area contributed by atoms with Crippen LogP contribution in [0.4, 0.5) is 5.82 Å². The van der Waals surface area contributed by atoms with E-state index in [4.69, 9.17) is 15.6 Å². The molecule has 1 fully saturated rings. The van der Waals surface area contributed by atoms with Gasteiger partial charge >= 0.3 is 0 Å². The van der Waals surface area contributed by atoms with Crippen LogP contribution in [0.1, 0.15) is 11.9 Å². The molecule has 0 saturated carbocycles. The molecule has 1 saturated heterocycles. The van der Waals surface area contributed by atoms with Crippen LogP contribution in [0.5, 0.6) is 0 Å². The van der Waals surface area contributed by atoms with E-state index in [-0.39, 0.29) is 12.3 Å². The van der Waals surface area contributed by atoms with Crippen molar-refractivity contribution in [3.8, 4) is 0 Å². The average Bonchev–Trinajstić information content (AvgIpc) is 2.92. The van der Waals surface area contributed by atoms with Gasteiger partial charge in [0.05, 0.1) is 25.4 Å². The van der Waals surface area contributed by atoms with E-state index in [0.29, 0.717) is 5.82 Å². The maximum absolute atomic E-state index is 9.86. The molecule has 4 atom stereocenters. The van der Waals surface area contributed by atoms with Crippen molar-refractivity contribution in [1.82, 2.24) is 9.55 Å². The molecule has 103 valence electrons. The van der Waals surface area contributed by atoms with Gasteiger partial charge in [-0.15, -0.1) is 0 Å². The van der Waals surface area contributed by atoms with Crippen molar-refractivity contribution in [3.05, 3.63) is 18.4 Å². The van der Waals surface area contributed by atoms with Gasteiger partial charge in [0.25, 0.3) is 5.85 Å². The van der Waals surface area contributed by atoms with E-state index >= 15 is 0 Å². The van der Waals surface area contributed by atoms with Crippen molar-refractivity contribution in [1.29, 1.82) is 0 Å². The largest absolute Gasteiger partial charge is 0.394 e. The first-order valence-electron chi connectivity index (χ1n) is 5.71. The molecule has 1 unspecified atom stereocenters. The van der Waals surface area contributed by atoms with Crippen LogP contribution >= 0.6 is 0 Å². The second kappa shape index (κ2) is 4.25. The lowest BCUT2D eigenvalue weighted by Gasteiger charge is -2.23. The minimum atomic E-state index is -1.89. The van der Waals surface area contributed by atoms with E-state index in [0.717, 1.165) is 0 Å². The van der Waals surface area contributed by atoms with Gasteiger partial charge in [-0.3, -0.25) is 10.3 Å². The minimum absolute atomic E-state index is 0.161. The summed E-state index contributed by atoms with van der Waals surface area (Å²) in [5.74, 6) is -1.47. The van der Waals surface area contributed by atoms with Crippen molar-refractivity contribution < 1.29 is 20.1 Å². The maximum Gasteiger partial charge on any atom is 0.260 e. The van der Waals surface area contributed by atoms with Crippen molar-refractivity contribution in [3.63, 3.8) is 0 Å². The predicted octanol–water partition coefficient (Wildman–Crippen LogP) is -2.15. The number of aliphatic imine (C=N–C) groups is 1. The summed E-state index contributed by atoms with van der Waals surface area (Å²) in [6, 6.07) is 0. The number of aliphatic hydroxyl groups excluding tert-OH is 2. The first kappa shape index (κ1) is 12.5. The molecule has 2 aliphatic heterocycles. The van der Waals surface area contributed by atoms with Gasteiger partial charge in [-0.25, -0.2) is 9.98 Å². The van der Waals surface area contributed by atoms with E-state index in [2.05, 4.69) is 15.3 Å². The Balaban J connectivity index is 1.91. The SMILES string of the molecule is N[C@@]1(O)N=CNc2c1ncn2[C@H]1[CH]C(O)[C@@H](CO)O1. The number of ether oxygens (including phenoxy) is 1. The molecule has 0 spiro atoms. The van der Waals surface area contributed by atoms with Gasteiger partial charge in [0.1, 0.15) is 18.1 Å². The number of aliphatic hydroxyl groups is 3. The number of hydrogen-bond donors (Lipinski definition) is 5. The molecular weight excluding hydrogens is 254 g/mol. The lowest BCUT2D eigenvalue weighted by molar-refractivity contribution is -0.0429. The summed E-state index contributed by atoms with van der Waals surface area (Å²) in [4.78, 5) is 7.67. The molecule has 0 amide bonds. The Kier molecular flexibility index (Phi) is 2.80. The minimum Gasteiger partial charge on any atom is -0.394 e. The summed E-state index contributed by atoms with van der Waals surface area (Å²) in [5.41, 5.74) is 5.74. The Morgan fingerprint density at radius 3 is 3.05 bits per heavy atom. The number of nitrogens with one attached hydrogen (secondary N) is 1. The van der Waals surface area contributed by atoms with Gasteiger partial charge in [0.15, 0.2) is 5.69 Å². The van der Waals surface area contributed by atoms with Crippen LogP contribution < -0.4 is 11.1 Å². The zero-order chi connectivity index (χ0) is 13.6. The summed E-state index contributed by atoms with van der Waals surface area (Å²) in [6.07, 6.45) is 2.02. The third-order valence-corrected chi connectivity index (χ3v) is 3.12. The Labute approximate surface area is 108 Å². The van der Waals surface area contributed by atoms with Gasteiger partial charge < -0.3 is 25.4 Å². The second-order valence-corrected chi connectivity index (χ2v) is 4.41. The highest BCUT2D eigenvalue weighted by Crippen LogP contribution is 2.34. The molecule has 3 heterocycles. The number of imidazole rings is 1. The molecular formula is C10H14N5O4. The molecule has 0 aliphatic carbocycles. The Morgan fingerprint density at radius 2 is 2.37 bits per heavy atom. The number of nitrogens with two attached hydrogens (primary N) is 1. The monoisotopic (exact) mass is 268 g/mol. The summed E-state index contributed by atoms with van der Waals surface area (Å²) in [5, 5.41) is 31.4. The number of aromatic nitrogens is 2. The molecule has 1 aromatic rings. The maximum atomic E-state index is 9.86. The van der Waals surface area contributed by atoms with E-state index < -0.39 is 24.3 Å². The van der Waals surface area contributed by atoms with Crippen molar-refractivity contribution in [2.75, 3.05) is 11.9 Å². The van der Waals surface area contributed by atoms with Crippen molar-refractivity contribution in [2.45, 2.75) is 24.3 Å². The Hall–Kier alpha value is -1.52. The number of anilines is 1. The quantitative estimate of drug-likeness (QED) is 0.385. The summed E-state index contributed by atoms with van der Waals surface area (Å²) >= 11 is 0. The molecule has 0 bridgehead atoms. The van der Waals surface area contributed by atoms with Crippen molar-refractivity contribution in [2.24, 2.45) is 10.7 Å². The summed E-state index contributed by atoms with van der Waals surface area (Å²) in [7, 11) is 0. The highest BCUT2D eigenvalue weighted by atomic mass is 16.5. The molecule has 9 heteroatoms. The number of nitrogens with zero attached hydrogens (tertiary/aromatic N) is 3. The number of hydrogen-bond acceptors (Lipinski definition) is 8. The molecule has 19 heavy (non-hydrogen) atoms. The Bertz CT molecular complexity index is 514. The molecule has 1 radical (unpaired) electrons. The zero-order valence-corrected chi connectivity index (χ0v) is 9.84. The van der Waals surface area contributed by atoms with Crippen LogP contribution in [0.2, 0.25) is 0 Å². The second-order valence-electron chi connectivity index (χ2n) is 4.41. The van der Waals surface area contributed by atoms with E-state index in [1.54, 1.807) is 4.57 Å². The Morgan fingerprint density at radius 1 is 1.58 bits per heavy atom. The van der Waals surface area contributed by atoms with Gasteiger partial charge in [-0.05, 0) is 0 Å². The first-order valence-corrected chi connectivity index (χ1v) is 5.71. The predicted molar refractivity (Wildman–Crippen MR) is 63.7 cm³/mol. The van der Waals surface area contributed by atoms with E-state index in [9.17, 15) is 10.2 Å². The molecule has 3 rings (SSSR count). The smallest absolute Gasteiger partial charge is 0.260 e. The van der Waals surface area contributed by atoms with Gasteiger partial charge in [0.2, 0.25) is 0 Å². The van der Waals surface area contributed by atoms with Gasteiger partial charge in [0, 0.05) is 6.42 Å². The van der Waals surface area contributed by atoms with Crippen LogP contribution in [0.25, 0.3) is 0 Å². The van der Waals surface area contributed by atoms with E-state index in [1.807, 2.05) is 0 Å². The topological polar surface area (TPSA) is 138 Å². The van der Waals surface area contributed by atoms with Crippen LogP contribution in [-0.2, 0) is 10.6 Å². The first-order chi connectivity index (χ1) is 9.03. The average molecular weight is 268 g/mol. The summed E-state index contributed by atoms with van der Waals surface area (Å²) in [6.45, 7) is -0.291. The third-order valence-electron chi connectivity index (χ3n) is 3.12. The fourth-order valence-corrected chi connectivity index (χ4v) is 2.13. The lowest BCUT2D eigenvalue weighted by atomic mass is 10.2. The summed E-state index contributed by atoms with van der Waals surface area (Å²) < 4.78 is 7.01. The highest BCUT2D eigenvalue weighted by Gasteiger charge is 2.39. The highest BCUT2D eigenvalue weighted by molar-refractivity contribution is 5.78. The standard InChI is InChI=1S/C10H14N5O4/c11-10(18)8-9(12-3-14-10)15(4-13-8)7-1-5(17)6(2-16)19-7/h1,3-7,16-18H,2,11H2,(H,12,14)/t5?,6-,7-,10-/m1/s1. The van der Waals surface area contributed by atoms with E-state index in [1.165, 1.54) is 19.1 Å². The number of fused-ring (bicyclic) bond motifs is 1. The normalized spacial score (nSPS) is 37.2. The van der Waals surface area contributed by atoms with Gasteiger partial charge in [-0.1, -0.05) is 0 Å². The third kappa shape index (κ3) is 1.91. The molecule has 1 aromatic heterocycles. The van der Waals surface area contributed by atoms with Gasteiger partial charge in [-0.2, -0.15) is 0 Å². The number of rotatable bonds is 2. The van der Waals surface area contributed by atoms with Crippen LogP contribution in [0, 0.1) is 6.42 Å². The molecule has 2 aliphatic rings. The van der Waals surface area contributed by atoms with Crippen LogP contribution in [-0.4, -0.2) is 50.0 Å².